The van der Waals surface area contributed by atoms with Crippen molar-refractivity contribution in [1.29, 1.82) is 0 Å². The quantitative estimate of drug-likeness (QED) is 0.627. The van der Waals surface area contributed by atoms with Gasteiger partial charge in [-0.2, -0.15) is 4.31 Å². The summed E-state index contributed by atoms with van der Waals surface area (Å²) in [6.45, 7) is 0. The minimum atomic E-state index is -4.11. The van der Waals surface area contributed by atoms with Gasteiger partial charge in [0.15, 0.2) is 9.84 Å². The highest BCUT2D eigenvalue weighted by Crippen LogP contribution is 2.34. The van der Waals surface area contributed by atoms with Crippen LogP contribution < -0.4 is 9.64 Å². The molecule has 2 aliphatic heterocycles. The van der Waals surface area contributed by atoms with E-state index in [1.54, 1.807) is 0 Å². The molecule has 27 heavy (non-hydrogen) atoms. The van der Waals surface area contributed by atoms with E-state index in [1.807, 2.05) is 0 Å². The number of hydrogen-bond acceptors (Lipinski definition) is 7. The van der Waals surface area contributed by atoms with Crippen LogP contribution in [0.25, 0.3) is 0 Å². The van der Waals surface area contributed by atoms with E-state index in [0.717, 1.165) is 9.21 Å². The van der Waals surface area contributed by atoms with Gasteiger partial charge in [-0.15, -0.1) is 0 Å². The van der Waals surface area contributed by atoms with Crippen molar-refractivity contribution in [3.63, 3.8) is 0 Å². The van der Waals surface area contributed by atoms with E-state index in [9.17, 15) is 26.4 Å². The number of sulfone groups is 1. The number of methoxy groups -OCH3 is 1. The Balaban J connectivity index is 2.02. The molecular weight excluding hydrogens is 396 g/mol. The van der Waals surface area contributed by atoms with Crippen LogP contribution in [0.2, 0.25) is 0 Å². The highest BCUT2D eigenvalue weighted by molar-refractivity contribution is 7.92. The zero-order valence-electron chi connectivity index (χ0n) is 14.9. The van der Waals surface area contributed by atoms with Crippen LogP contribution >= 0.6 is 0 Å². The largest absolute Gasteiger partial charge is 0.495 e. The zero-order valence-corrected chi connectivity index (χ0v) is 16.5. The molecule has 2 heterocycles. The molecule has 3 rings (SSSR count). The van der Waals surface area contributed by atoms with E-state index < -0.39 is 37.7 Å². The van der Waals surface area contributed by atoms with Crippen LogP contribution in [-0.2, 0) is 29.4 Å². The first-order valence-electron chi connectivity index (χ1n) is 8.29. The molecule has 2 amide bonds. The molecule has 0 N–H and O–H groups in total. The van der Waals surface area contributed by atoms with E-state index in [-0.39, 0.29) is 47.1 Å². The summed E-state index contributed by atoms with van der Waals surface area (Å²) in [4.78, 5) is 24.7. The second kappa shape index (κ2) is 6.88. The molecule has 0 bridgehead atoms. The number of amides is 2. The van der Waals surface area contributed by atoms with Crippen molar-refractivity contribution in [3.8, 4) is 5.75 Å². The van der Waals surface area contributed by atoms with Crippen molar-refractivity contribution in [3.05, 3.63) is 18.2 Å². The second-order valence-corrected chi connectivity index (χ2v) is 10.7. The Labute approximate surface area is 157 Å². The van der Waals surface area contributed by atoms with Gasteiger partial charge in [0.25, 0.3) is 0 Å². The fourth-order valence-electron chi connectivity index (χ4n) is 3.28. The first kappa shape index (κ1) is 19.8. The second-order valence-electron chi connectivity index (χ2n) is 6.54. The monoisotopic (exact) mass is 416 g/mol. The lowest BCUT2D eigenvalue weighted by molar-refractivity contribution is -0.121. The minimum Gasteiger partial charge on any atom is -0.495 e. The molecule has 9 nitrogen and oxygen atoms in total. The highest BCUT2D eigenvalue weighted by atomic mass is 32.2. The van der Waals surface area contributed by atoms with Crippen molar-refractivity contribution in [1.82, 2.24) is 4.31 Å². The van der Waals surface area contributed by atoms with Gasteiger partial charge in [-0.3, -0.25) is 14.5 Å². The van der Waals surface area contributed by atoms with Crippen LogP contribution in [0.1, 0.15) is 19.3 Å². The molecule has 0 aliphatic carbocycles. The number of nitrogens with zero attached hydrogens (tertiary/aromatic N) is 2. The maximum atomic E-state index is 13.1. The Hall–Kier alpha value is -1.98. The van der Waals surface area contributed by atoms with Gasteiger partial charge in [-0.25, -0.2) is 16.8 Å². The molecule has 1 atom stereocenters. The summed E-state index contributed by atoms with van der Waals surface area (Å²) >= 11 is 0. The third-order valence-electron chi connectivity index (χ3n) is 4.84. The molecule has 0 aromatic heterocycles. The number of carbonyl (C=O) groups excluding carboxylic acids is 2. The summed E-state index contributed by atoms with van der Waals surface area (Å²) in [6.07, 6.45) is 0.364. The Morgan fingerprint density at radius 2 is 1.81 bits per heavy atom. The maximum absolute atomic E-state index is 13.1. The van der Waals surface area contributed by atoms with Crippen LogP contribution in [0.4, 0.5) is 5.69 Å². The van der Waals surface area contributed by atoms with Crippen LogP contribution in [0.15, 0.2) is 23.1 Å². The molecule has 2 fully saturated rings. The van der Waals surface area contributed by atoms with Crippen molar-refractivity contribution in [2.45, 2.75) is 30.2 Å². The van der Waals surface area contributed by atoms with E-state index in [0.29, 0.717) is 0 Å². The zero-order chi connectivity index (χ0) is 20.0. The number of imide groups is 1. The normalized spacial score (nSPS) is 22.6. The summed E-state index contributed by atoms with van der Waals surface area (Å²) in [5.74, 6) is -1.06. The van der Waals surface area contributed by atoms with Crippen molar-refractivity contribution in [2.24, 2.45) is 0 Å². The van der Waals surface area contributed by atoms with Gasteiger partial charge in [0.1, 0.15) is 10.6 Å². The average Bonchev–Trinajstić information content (AvgIpc) is 3.15. The topological polar surface area (TPSA) is 118 Å². The van der Waals surface area contributed by atoms with E-state index >= 15 is 0 Å². The van der Waals surface area contributed by atoms with E-state index in [2.05, 4.69) is 0 Å². The molecule has 148 valence electrons. The predicted octanol–water partition coefficient (Wildman–Crippen LogP) is 0.156. The molecule has 0 unspecified atom stereocenters. The number of benzene rings is 1. The summed E-state index contributed by atoms with van der Waals surface area (Å²) in [5.41, 5.74) is 0.148. The number of anilines is 1. The first-order chi connectivity index (χ1) is 12.6. The number of sulfonamides is 1. The molecule has 0 radical (unpaired) electrons. The van der Waals surface area contributed by atoms with Gasteiger partial charge in [-0.05, 0) is 24.6 Å². The van der Waals surface area contributed by atoms with Crippen LogP contribution in [0, 0.1) is 0 Å². The van der Waals surface area contributed by atoms with E-state index in [1.165, 1.54) is 32.4 Å². The number of rotatable bonds is 5. The number of carbonyl (C=O) groups is 2. The van der Waals surface area contributed by atoms with Crippen molar-refractivity contribution < 1.29 is 31.2 Å². The van der Waals surface area contributed by atoms with Crippen LogP contribution in [0.3, 0.4) is 0 Å². The molecule has 0 spiro atoms. The Morgan fingerprint density at radius 3 is 2.33 bits per heavy atom. The number of ether oxygens (including phenoxy) is 1. The van der Waals surface area contributed by atoms with Crippen molar-refractivity contribution in [2.75, 3.05) is 30.6 Å². The lowest BCUT2D eigenvalue weighted by Crippen LogP contribution is -2.38. The average molecular weight is 416 g/mol. The molecular formula is C16H20N2O7S2. The van der Waals surface area contributed by atoms with Gasteiger partial charge in [0.05, 0.1) is 24.3 Å². The highest BCUT2D eigenvalue weighted by Gasteiger charge is 2.38. The summed E-state index contributed by atoms with van der Waals surface area (Å²) in [6, 6.07) is 3.36. The van der Waals surface area contributed by atoms with Gasteiger partial charge >= 0.3 is 0 Å². The molecule has 11 heteroatoms. The summed E-state index contributed by atoms with van der Waals surface area (Å²) in [7, 11) is -4.75. The SMILES string of the molecule is COc1ccc(N2C(=O)CCC2=O)cc1S(=O)(=O)N(C)[C@H]1CCS(=O)(=O)C1. The standard InChI is InChI=1S/C16H20N2O7S2/c1-17(12-7-8-26(21,22)10-12)27(23,24)14-9-11(3-4-13(14)25-2)18-15(19)5-6-16(18)20/h3-4,9,12H,5-8,10H2,1-2H3/t12-/m0/s1. The van der Waals surface area contributed by atoms with Gasteiger partial charge in [0, 0.05) is 25.9 Å². The Kier molecular flexibility index (Phi) is 5.04. The van der Waals surface area contributed by atoms with E-state index in [4.69, 9.17) is 4.74 Å². The predicted molar refractivity (Wildman–Crippen MR) is 96.7 cm³/mol. The van der Waals surface area contributed by atoms with Gasteiger partial charge < -0.3 is 4.74 Å². The molecule has 2 saturated heterocycles. The third kappa shape index (κ3) is 3.58. The van der Waals surface area contributed by atoms with Crippen LogP contribution in [-0.4, -0.2) is 64.7 Å². The van der Waals surface area contributed by atoms with Crippen LogP contribution in [0.5, 0.6) is 5.75 Å². The Bertz CT molecular complexity index is 986. The third-order valence-corrected chi connectivity index (χ3v) is 8.52. The number of hydrogen-bond donors (Lipinski definition) is 0. The lowest BCUT2D eigenvalue weighted by Gasteiger charge is -2.24. The first-order valence-corrected chi connectivity index (χ1v) is 11.6. The van der Waals surface area contributed by atoms with Crippen molar-refractivity contribution >= 4 is 37.4 Å². The summed E-state index contributed by atoms with van der Waals surface area (Å²) in [5, 5.41) is 0. The molecule has 1 aromatic carbocycles. The maximum Gasteiger partial charge on any atom is 0.246 e. The molecule has 0 saturated carbocycles. The minimum absolute atomic E-state index is 0.0468. The van der Waals surface area contributed by atoms with Gasteiger partial charge in [0.2, 0.25) is 21.8 Å². The molecule has 2 aliphatic rings. The smallest absolute Gasteiger partial charge is 0.246 e. The Morgan fingerprint density at radius 1 is 1.19 bits per heavy atom. The van der Waals surface area contributed by atoms with Gasteiger partial charge in [-0.1, -0.05) is 0 Å². The summed E-state index contributed by atoms with van der Waals surface area (Å²) < 4.78 is 55.8. The lowest BCUT2D eigenvalue weighted by atomic mass is 10.2. The fourth-order valence-corrected chi connectivity index (χ4v) is 6.71. The fraction of sp³-hybridized carbons (Fsp3) is 0.500. The molecule has 1 aromatic rings.